The predicted octanol–water partition coefficient (Wildman–Crippen LogP) is 0.502. The molecule has 10 heteroatoms. The van der Waals surface area contributed by atoms with Crippen molar-refractivity contribution in [2.45, 2.75) is 73.6 Å². The van der Waals surface area contributed by atoms with Gasteiger partial charge in [0.2, 0.25) is 5.91 Å². The van der Waals surface area contributed by atoms with Crippen molar-refractivity contribution in [1.82, 2.24) is 10.2 Å². The van der Waals surface area contributed by atoms with Crippen molar-refractivity contribution >= 4 is 17.7 Å². The number of aliphatic carboxylic acids is 1. The van der Waals surface area contributed by atoms with E-state index in [0.29, 0.717) is 30.9 Å². The summed E-state index contributed by atoms with van der Waals surface area (Å²) in [5.74, 6) is -2.83. The zero-order chi connectivity index (χ0) is 25.7. The first kappa shape index (κ1) is 23.4. The van der Waals surface area contributed by atoms with E-state index in [1.54, 1.807) is 6.07 Å². The maximum atomic E-state index is 14.0. The number of amides is 1. The summed E-state index contributed by atoms with van der Waals surface area (Å²) >= 11 is 0. The molecule has 4 N–H and O–H groups in total. The van der Waals surface area contributed by atoms with Crippen LogP contribution in [0.4, 0.5) is 0 Å². The number of ether oxygens (including phenoxy) is 2. The molecule has 0 radical (unpaired) electrons. The maximum Gasteiger partial charge on any atom is 0.329 e. The lowest BCUT2D eigenvalue weighted by Crippen LogP contribution is -2.78. The number of aromatic hydroxyl groups is 1. The molecule has 37 heavy (non-hydrogen) atoms. The molecule has 3 aliphatic heterocycles. The summed E-state index contributed by atoms with van der Waals surface area (Å²) < 4.78 is 11.5. The fourth-order valence-electron chi connectivity index (χ4n) is 7.96. The van der Waals surface area contributed by atoms with Crippen LogP contribution in [-0.2, 0) is 31.0 Å². The number of benzene rings is 1. The fraction of sp³-hybridized carbons (Fsp3) is 0.667. The number of piperidine rings is 1. The molecule has 2 saturated heterocycles. The number of hydrogen-bond donors (Lipinski definition) is 4. The third kappa shape index (κ3) is 3.00. The fourth-order valence-corrected chi connectivity index (χ4v) is 7.96. The number of ketones is 1. The Kier molecular flexibility index (Phi) is 4.86. The van der Waals surface area contributed by atoms with Crippen molar-refractivity contribution in [3.8, 4) is 11.5 Å². The Morgan fingerprint density at radius 1 is 1.16 bits per heavy atom. The van der Waals surface area contributed by atoms with Gasteiger partial charge in [0.25, 0.3) is 0 Å². The first-order valence-corrected chi connectivity index (χ1v) is 13.4. The van der Waals surface area contributed by atoms with E-state index in [0.717, 1.165) is 24.9 Å². The Morgan fingerprint density at radius 3 is 2.62 bits per heavy atom. The molecule has 5 atom stereocenters. The zero-order valence-electron chi connectivity index (χ0n) is 20.6. The first-order chi connectivity index (χ1) is 17.7. The number of Topliss-reactive ketones (excluding diaryl/α,β-unsaturated/α-hetero) is 1. The van der Waals surface area contributed by atoms with Crippen LogP contribution < -0.4 is 10.1 Å². The smallest absolute Gasteiger partial charge is 0.329 e. The Labute approximate surface area is 213 Å². The van der Waals surface area contributed by atoms with Crippen LogP contribution in [0.5, 0.6) is 11.5 Å². The number of rotatable bonds is 5. The monoisotopic (exact) mass is 512 g/mol. The number of carboxylic acid groups (broad SMARTS) is 1. The molecule has 4 fully saturated rings. The van der Waals surface area contributed by atoms with Gasteiger partial charge in [0.1, 0.15) is 11.5 Å². The molecule has 1 amide bonds. The normalized spacial score (nSPS) is 37.4. The molecular weight excluding hydrogens is 480 g/mol. The number of hydrogen-bond acceptors (Lipinski definition) is 8. The second-order valence-electron chi connectivity index (χ2n) is 11.9. The molecule has 3 heterocycles. The van der Waals surface area contributed by atoms with Crippen LogP contribution in [0.25, 0.3) is 0 Å². The van der Waals surface area contributed by atoms with Crippen LogP contribution in [0, 0.1) is 11.8 Å². The second kappa shape index (κ2) is 7.68. The third-order valence-electron chi connectivity index (χ3n) is 10.1. The number of phenols is 1. The van der Waals surface area contributed by atoms with Crippen LogP contribution in [0.15, 0.2) is 12.1 Å². The van der Waals surface area contributed by atoms with Crippen molar-refractivity contribution in [2.24, 2.45) is 11.8 Å². The Bertz CT molecular complexity index is 1210. The molecule has 3 aliphatic carbocycles. The molecule has 2 bridgehead atoms. The lowest BCUT2D eigenvalue weighted by molar-refractivity contribution is -0.199. The van der Waals surface area contributed by atoms with Gasteiger partial charge in [-0.15, -0.1) is 0 Å². The summed E-state index contributed by atoms with van der Waals surface area (Å²) in [7, 11) is 0. The predicted molar refractivity (Wildman–Crippen MR) is 127 cm³/mol. The minimum atomic E-state index is -1.52. The highest BCUT2D eigenvalue weighted by Crippen LogP contribution is 2.65. The molecule has 10 nitrogen and oxygen atoms in total. The number of likely N-dealkylation sites (tertiary alicyclic amines) is 1. The van der Waals surface area contributed by atoms with Crippen molar-refractivity contribution in [1.29, 1.82) is 0 Å². The molecule has 1 aromatic rings. The molecular formula is C27H32N2O8. The highest BCUT2D eigenvalue weighted by Gasteiger charge is 2.75. The lowest BCUT2D eigenvalue weighted by Gasteiger charge is -2.63. The molecule has 1 aromatic carbocycles. The van der Waals surface area contributed by atoms with Gasteiger partial charge in [-0.05, 0) is 56.2 Å². The topological polar surface area (TPSA) is 146 Å². The van der Waals surface area contributed by atoms with E-state index in [9.17, 15) is 29.7 Å². The molecule has 7 rings (SSSR count). The number of nitrogens with one attached hydrogen (secondary N) is 1. The van der Waals surface area contributed by atoms with E-state index in [-0.39, 0.29) is 50.0 Å². The Hall–Kier alpha value is -2.69. The number of carboxylic acids is 1. The molecule has 0 aromatic heterocycles. The Morgan fingerprint density at radius 2 is 1.92 bits per heavy atom. The van der Waals surface area contributed by atoms with Crippen molar-refractivity contribution in [3.63, 3.8) is 0 Å². The van der Waals surface area contributed by atoms with E-state index in [1.807, 2.05) is 6.07 Å². The van der Waals surface area contributed by atoms with E-state index in [2.05, 4.69) is 10.2 Å². The summed E-state index contributed by atoms with van der Waals surface area (Å²) in [4.78, 5) is 42.1. The van der Waals surface area contributed by atoms with Crippen LogP contribution in [0.3, 0.4) is 0 Å². The molecule has 1 unspecified atom stereocenters. The average molecular weight is 513 g/mol. The summed E-state index contributed by atoms with van der Waals surface area (Å²) in [6.45, 7) is 1.95. The third-order valence-corrected chi connectivity index (χ3v) is 10.1. The van der Waals surface area contributed by atoms with Crippen molar-refractivity contribution in [2.75, 3.05) is 26.3 Å². The van der Waals surface area contributed by atoms with E-state index in [4.69, 9.17) is 9.47 Å². The van der Waals surface area contributed by atoms with Gasteiger partial charge in [-0.1, -0.05) is 6.07 Å². The number of phenolic OH excluding ortho intramolecular Hbond substituents is 1. The lowest BCUT2D eigenvalue weighted by atomic mass is 9.47. The molecule has 198 valence electrons. The zero-order valence-corrected chi connectivity index (χ0v) is 20.6. The van der Waals surface area contributed by atoms with Gasteiger partial charge in [0.05, 0.1) is 11.0 Å². The summed E-state index contributed by atoms with van der Waals surface area (Å²) in [5, 5.41) is 35.9. The minimum Gasteiger partial charge on any atom is -0.504 e. The SMILES string of the molecule is O=C(NC1(C(=O)O)CCOCC1)C1C[C@@]2(O)[C@H]3Cc4ccc(O)c5c4[C@@]2(CCN3CC2CC2)[C@@H](O5)C1=O. The van der Waals surface area contributed by atoms with Crippen molar-refractivity contribution < 1.29 is 39.2 Å². The second-order valence-corrected chi connectivity index (χ2v) is 11.9. The highest BCUT2D eigenvalue weighted by molar-refractivity contribution is 6.07. The van der Waals surface area contributed by atoms with Gasteiger partial charge in [-0.2, -0.15) is 0 Å². The van der Waals surface area contributed by atoms with E-state index >= 15 is 0 Å². The summed E-state index contributed by atoms with van der Waals surface area (Å²) in [6, 6.07) is 3.12. The van der Waals surface area contributed by atoms with Crippen LogP contribution in [-0.4, -0.2) is 87.5 Å². The average Bonchev–Trinajstić information content (AvgIpc) is 3.61. The van der Waals surface area contributed by atoms with E-state index < -0.39 is 46.2 Å². The van der Waals surface area contributed by atoms with Crippen LogP contribution in [0.1, 0.15) is 49.7 Å². The number of carbonyl (C=O) groups excluding carboxylic acids is 2. The van der Waals surface area contributed by atoms with Gasteiger partial charge in [0.15, 0.2) is 23.4 Å². The van der Waals surface area contributed by atoms with Crippen LogP contribution >= 0.6 is 0 Å². The van der Waals surface area contributed by atoms with Crippen LogP contribution in [0.2, 0.25) is 0 Å². The quantitative estimate of drug-likeness (QED) is 0.414. The van der Waals surface area contributed by atoms with Gasteiger partial charge < -0.3 is 30.1 Å². The number of nitrogens with zero attached hydrogens (tertiary/aromatic N) is 1. The molecule has 2 saturated carbocycles. The minimum absolute atomic E-state index is 0.0791. The van der Waals surface area contributed by atoms with Gasteiger partial charge >= 0.3 is 5.97 Å². The van der Waals surface area contributed by atoms with E-state index in [1.165, 1.54) is 0 Å². The van der Waals surface area contributed by atoms with Gasteiger partial charge in [0, 0.05) is 44.2 Å². The summed E-state index contributed by atoms with van der Waals surface area (Å²) in [6.07, 6.45) is 2.32. The Balaban J connectivity index is 1.30. The van der Waals surface area contributed by atoms with Crippen molar-refractivity contribution in [3.05, 3.63) is 23.3 Å². The maximum absolute atomic E-state index is 14.0. The highest BCUT2D eigenvalue weighted by atomic mass is 16.5. The molecule has 6 aliphatic rings. The standard InChI is InChI=1S/C27H32N2O8/c30-17-4-3-15-11-18-27(35)12-16(23(32)28-25(24(33)34)6-9-36-10-7-25)20(31)22-26(27,19(15)21(17)37-22)5-8-29(18)13-14-1-2-14/h3-4,14,16,18,22,30,35H,1-2,5-13H2,(H,28,32)(H,33,34)/t16?,18-,22+,26+,27-/m1/s1. The van der Waals surface area contributed by atoms with Gasteiger partial charge in [-0.3, -0.25) is 14.5 Å². The number of carbonyl (C=O) groups is 3. The van der Waals surface area contributed by atoms with Gasteiger partial charge in [-0.25, -0.2) is 4.79 Å². The first-order valence-electron chi connectivity index (χ1n) is 13.4. The largest absolute Gasteiger partial charge is 0.504 e. The number of aliphatic hydroxyl groups is 1. The summed E-state index contributed by atoms with van der Waals surface area (Å²) in [5.41, 5.74) is -2.33. The molecule has 1 spiro atoms.